The average Bonchev–Trinajstić information content (AvgIpc) is 2.81. The molecule has 5 heteroatoms. The fourth-order valence-corrected chi connectivity index (χ4v) is 1.85. The molecule has 0 fully saturated rings. The maximum atomic E-state index is 10.9. The van der Waals surface area contributed by atoms with Gasteiger partial charge in [-0.05, 0) is 25.6 Å². The van der Waals surface area contributed by atoms with Gasteiger partial charge in [-0.2, -0.15) is 0 Å². The zero-order chi connectivity index (χ0) is 13.4. The minimum absolute atomic E-state index is 0.239. The van der Waals surface area contributed by atoms with Gasteiger partial charge in [0.2, 0.25) is 0 Å². The van der Waals surface area contributed by atoms with Crippen LogP contribution in [0.3, 0.4) is 0 Å². The van der Waals surface area contributed by atoms with Crippen LogP contribution in [0.25, 0.3) is 0 Å². The standard InChI is InChI=1S/C13H22N2O3/c1-3-7-15(4-2)8-6-14-10-12-11(13(16)17)5-9-18-12/h5,9,14H,3-4,6-8,10H2,1-2H3,(H,16,17). The molecule has 0 radical (unpaired) electrons. The van der Waals surface area contributed by atoms with Crippen LogP contribution in [0.2, 0.25) is 0 Å². The van der Waals surface area contributed by atoms with Gasteiger partial charge in [0.25, 0.3) is 0 Å². The van der Waals surface area contributed by atoms with E-state index in [1.54, 1.807) is 0 Å². The lowest BCUT2D eigenvalue weighted by Crippen LogP contribution is -2.32. The summed E-state index contributed by atoms with van der Waals surface area (Å²) in [5.41, 5.74) is 0.239. The Labute approximate surface area is 108 Å². The van der Waals surface area contributed by atoms with Crippen molar-refractivity contribution >= 4 is 5.97 Å². The van der Waals surface area contributed by atoms with E-state index in [4.69, 9.17) is 9.52 Å². The molecule has 1 rings (SSSR count). The third-order valence-corrected chi connectivity index (χ3v) is 2.85. The first-order valence-electron chi connectivity index (χ1n) is 6.41. The van der Waals surface area contributed by atoms with Crippen molar-refractivity contribution in [2.24, 2.45) is 0 Å². The van der Waals surface area contributed by atoms with Crippen LogP contribution in [0.5, 0.6) is 0 Å². The molecule has 0 unspecified atom stereocenters. The third-order valence-electron chi connectivity index (χ3n) is 2.85. The van der Waals surface area contributed by atoms with Crippen molar-refractivity contribution in [1.29, 1.82) is 0 Å². The topological polar surface area (TPSA) is 65.7 Å². The maximum Gasteiger partial charge on any atom is 0.339 e. The number of aromatic carboxylic acids is 1. The van der Waals surface area contributed by atoms with Gasteiger partial charge in [0.15, 0.2) is 0 Å². The zero-order valence-electron chi connectivity index (χ0n) is 11.1. The summed E-state index contributed by atoms with van der Waals surface area (Å²) in [7, 11) is 0. The van der Waals surface area contributed by atoms with Crippen molar-refractivity contribution in [3.8, 4) is 0 Å². The van der Waals surface area contributed by atoms with Gasteiger partial charge in [-0.3, -0.25) is 0 Å². The molecule has 0 spiro atoms. The Morgan fingerprint density at radius 2 is 2.22 bits per heavy atom. The molecule has 0 saturated carbocycles. The minimum atomic E-state index is -0.943. The molecule has 1 aromatic rings. The van der Waals surface area contributed by atoms with Gasteiger partial charge in [0, 0.05) is 13.1 Å². The Bertz CT molecular complexity index is 363. The molecule has 0 aromatic carbocycles. The Morgan fingerprint density at radius 1 is 1.44 bits per heavy atom. The predicted molar refractivity (Wildman–Crippen MR) is 69.8 cm³/mol. The van der Waals surface area contributed by atoms with E-state index in [2.05, 4.69) is 24.1 Å². The fourth-order valence-electron chi connectivity index (χ4n) is 1.85. The van der Waals surface area contributed by atoms with Crippen LogP contribution in [0.15, 0.2) is 16.7 Å². The van der Waals surface area contributed by atoms with E-state index < -0.39 is 5.97 Å². The Morgan fingerprint density at radius 3 is 2.83 bits per heavy atom. The smallest absolute Gasteiger partial charge is 0.339 e. The van der Waals surface area contributed by atoms with Crippen LogP contribution in [0.4, 0.5) is 0 Å². The van der Waals surface area contributed by atoms with Gasteiger partial charge in [-0.15, -0.1) is 0 Å². The van der Waals surface area contributed by atoms with Crippen LogP contribution in [0.1, 0.15) is 36.4 Å². The van der Waals surface area contributed by atoms with Crippen molar-refractivity contribution in [3.05, 3.63) is 23.7 Å². The average molecular weight is 254 g/mol. The normalized spacial score (nSPS) is 11.1. The van der Waals surface area contributed by atoms with E-state index in [0.717, 1.165) is 32.6 Å². The highest BCUT2D eigenvalue weighted by atomic mass is 16.4. The van der Waals surface area contributed by atoms with Crippen molar-refractivity contribution < 1.29 is 14.3 Å². The summed E-state index contributed by atoms with van der Waals surface area (Å²) in [6.45, 7) is 8.69. The Balaban J connectivity index is 2.29. The number of hydrogen-bond acceptors (Lipinski definition) is 4. The van der Waals surface area contributed by atoms with Crippen molar-refractivity contribution in [3.63, 3.8) is 0 Å². The molecule has 18 heavy (non-hydrogen) atoms. The van der Waals surface area contributed by atoms with E-state index in [0.29, 0.717) is 12.3 Å². The first-order valence-corrected chi connectivity index (χ1v) is 6.41. The predicted octanol–water partition coefficient (Wildman–Crippen LogP) is 1.80. The molecule has 0 aliphatic carbocycles. The van der Waals surface area contributed by atoms with E-state index in [1.165, 1.54) is 12.3 Å². The summed E-state index contributed by atoms with van der Waals surface area (Å²) >= 11 is 0. The van der Waals surface area contributed by atoms with E-state index in [1.807, 2.05) is 0 Å². The van der Waals surface area contributed by atoms with E-state index in [9.17, 15) is 4.79 Å². The molecule has 0 aliphatic rings. The number of furan rings is 1. The molecule has 5 nitrogen and oxygen atoms in total. The number of likely N-dealkylation sites (N-methyl/N-ethyl adjacent to an activating group) is 1. The molecule has 0 bridgehead atoms. The minimum Gasteiger partial charge on any atom is -0.478 e. The van der Waals surface area contributed by atoms with Gasteiger partial charge < -0.3 is 19.7 Å². The SMILES string of the molecule is CCCN(CC)CCNCc1occc1C(=O)O. The summed E-state index contributed by atoms with van der Waals surface area (Å²) in [5.74, 6) is -0.456. The molecule has 1 heterocycles. The molecule has 102 valence electrons. The molecule has 0 amide bonds. The number of nitrogens with zero attached hydrogens (tertiary/aromatic N) is 1. The molecule has 1 aromatic heterocycles. The number of carboxylic acid groups (broad SMARTS) is 1. The Kier molecular flexibility index (Phi) is 6.46. The van der Waals surface area contributed by atoms with Crippen molar-refractivity contribution in [2.45, 2.75) is 26.8 Å². The number of carboxylic acids is 1. The van der Waals surface area contributed by atoms with Crippen LogP contribution in [-0.4, -0.2) is 42.2 Å². The summed E-state index contributed by atoms with van der Waals surface area (Å²) in [6, 6.07) is 1.48. The zero-order valence-corrected chi connectivity index (χ0v) is 11.1. The van der Waals surface area contributed by atoms with Crippen molar-refractivity contribution in [2.75, 3.05) is 26.2 Å². The highest BCUT2D eigenvalue weighted by molar-refractivity contribution is 5.88. The number of hydrogen-bond donors (Lipinski definition) is 2. The lowest BCUT2D eigenvalue weighted by molar-refractivity contribution is 0.0694. The Hall–Kier alpha value is -1.33. The summed E-state index contributed by atoms with van der Waals surface area (Å²) in [5, 5.41) is 12.1. The molecule has 0 aliphatic heterocycles. The maximum absolute atomic E-state index is 10.9. The summed E-state index contributed by atoms with van der Waals surface area (Å²) in [4.78, 5) is 13.2. The van der Waals surface area contributed by atoms with Crippen LogP contribution >= 0.6 is 0 Å². The van der Waals surface area contributed by atoms with Crippen LogP contribution in [-0.2, 0) is 6.54 Å². The van der Waals surface area contributed by atoms with Gasteiger partial charge in [0.05, 0.1) is 12.8 Å². The van der Waals surface area contributed by atoms with Gasteiger partial charge in [0.1, 0.15) is 11.3 Å². The number of carbonyl (C=O) groups is 1. The molecular formula is C13H22N2O3. The van der Waals surface area contributed by atoms with Gasteiger partial charge >= 0.3 is 5.97 Å². The lowest BCUT2D eigenvalue weighted by atomic mass is 10.2. The largest absolute Gasteiger partial charge is 0.478 e. The summed E-state index contributed by atoms with van der Waals surface area (Å²) < 4.78 is 5.15. The van der Waals surface area contributed by atoms with Crippen LogP contribution in [0, 0.1) is 0 Å². The first-order chi connectivity index (χ1) is 8.69. The summed E-state index contributed by atoms with van der Waals surface area (Å²) in [6.07, 6.45) is 2.56. The molecule has 0 atom stereocenters. The lowest BCUT2D eigenvalue weighted by Gasteiger charge is -2.19. The quantitative estimate of drug-likeness (QED) is 0.658. The van der Waals surface area contributed by atoms with Gasteiger partial charge in [-0.25, -0.2) is 4.79 Å². The second-order valence-electron chi connectivity index (χ2n) is 4.17. The van der Waals surface area contributed by atoms with Gasteiger partial charge in [-0.1, -0.05) is 13.8 Å². The molecular weight excluding hydrogens is 232 g/mol. The van der Waals surface area contributed by atoms with Crippen LogP contribution < -0.4 is 5.32 Å². The highest BCUT2D eigenvalue weighted by Crippen LogP contribution is 2.09. The second-order valence-corrected chi connectivity index (χ2v) is 4.17. The molecule has 0 saturated heterocycles. The van der Waals surface area contributed by atoms with Crippen molar-refractivity contribution in [1.82, 2.24) is 10.2 Å². The molecule has 2 N–H and O–H groups in total. The van der Waals surface area contributed by atoms with E-state index in [-0.39, 0.29) is 5.56 Å². The number of rotatable bonds is 9. The first kappa shape index (κ1) is 14.7. The van der Waals surface area contributed by atoms with E-state index >= 15 is 0 Å². The third kappa shape index (κ3) is 4.50. The number of nitrogens with one attached hydrogen (secondary N) is 1. The monoisotopic (exact) mass is 254 g/mol. The fraction of sp³-hybridized carbons (Fsp3) is 0.615. The highest BCUT2D eigenvalue weighted by Gasteiger charge is 2.12. The second kappa shape index (κ2) is 7.89.